The Kier molecular flexibility index (Phi) is 7.57. The Morgan fingerprint density at radius 3 is 1.91 bits per heavy atom. The van der Waals surface area contributed by atoms with Crippen molar-refractivity contribution < 1.29 is 22.9 Å². The van der Waals surface area contributed by atoms with Gasteiger partial charge in [-0.25, -0.2) is 13.2 Å². The Morgan fingerprint density at radius 2 is 1.42 bits per heavy atom. The highest BCUT2D eigenvalue weighted by molar-refractivity contribution is 7.89. The van der Waals surface area contributed by atoms with Crippen LogP contribution in [0.2, 0.25) is 0 Å². The molecule has 0 aliphatic heterocycles. The van der Waals surface area contributed by atoms with Crippen LogP contribution >= 0.6 is 0 Å². The largest absolute Gasteiger partial charge is 0.462 e. The molecule has 3 rings (SSSR count). The highest BCUT2D eigenvalue weighted by atomic mass is 32.2. The Labute approximate surface area is 192 Å². The second-order valence-electron chi connectivity index (χ2n) is 7.43. The van der Waals surface area contributed by atoms with Gasteiger partial charge in [-0.3, -0.25) is 10.1 Å². The maximum Gasteiger partial charge on any atom is 0.338 e. The van der Waals surface area contributed by atoms with Gasteiger partial charge in [0.05, 0.1) is 22.0 Å². The van der Waals surface area contributed by atoms with E-state index in [0.717, 1.165) is 11.1 Å². The van der Waals surface area contributed by atoms with Crippen LogP contribution < -0.4 is 0 Å². The molecule has 0 saturated carbocycles. The van der Waals surface area contributed by atoms with Crippen LogP contribution in [0.5, 0.6) is 0 Å². The van der Waals surface area contributed by atoms with Crippen molar-refractivity contribution in [3.8, 4) is 0 Å². The number of carbonyl (C=O) groups excluding carboxylic acids is 1. The Hall–Kier alpha value is -3.56. The number of non-ortho nitro benzene ring substituents is 1. The molecule has 0 saturated heterocycles. The van der Waals surface area contributed by atoms with E-state index in [1.807, 2.05) is 31.2 Å². The molecule has 8 nitrogen and oxygen atoms in total. The molecule has 172 valence electrons. The molecule has 0 radical (unpaired) electrons. The fourth-order valence-corrected chi connectivity index (χ4v) is 4.59. The van der Waals surface area contributed by atoms with Gasteiger partial charge >= 0.3 is 5.97 Å². The lowest BCUT2D eigenvalue weighted by molar-refractivity contribution is -0.384. The number of ether oxygens (including phenoxy) is 1. The van der Waals surface area contributed by atoms with Gasteiger partial charge in [0, 0.05) is 25.2 Å². The van der Waals surface area contributed by atoms with Crippen LogP contribution in [0, 0.1) is 17.0 Å². The Morgan fingerprint density at radius 1 is 0.909 bits per heavy atom. The van der Waals surface area contributed by atoms with Crippen LogP contribution in [0.15, 0.2) is 77.7 Å². The summed E-state index contributed by atoms with van der Waals surface area (Å²) in [5.74, 6) is -0.445. The van der Waals surface area contributed by atoms with Crippen molar-refractivity contribution in [1.82, 2.24) is 4.31 Å². The third kappa shape index (κ3) is 6.03. The third-order valence-electron chi connectivity index (χ3n) is 4.99. The van der Waals surface area contributed by atoms with Crippen molar-refractivity contribution in [3.63, 3.8) is 0 Å². The predicted molar refractivity (Wildman–Crippen MR) is 123 cm³/mol. The van der Waals surface area contributed by atoms with Gasteiger partial charge in [0.25, 0.3) is 5.69 Å². The maximum atomic E-state index is 13.4. The first-order valence-corrected chi connectivity index (χ1v) is 11.7. The van der Waals surface area contributed by atoms with E-state index in [-0.39, 0.29) is 30.3 Å². The van der Waals surface area contributed by atoms with E-state index in [9.17, 15) is 23.3 Å². The second-order valence-corrected chi connectivity index (χ2v) is 9.37. The van der Waals surface area contributed by atoms with E-state index in [2.05, 4.69) is 0 Å². The summed E-state index contributed by atoms with van der Waals surface area (Å²) in [4.78, 5) is 22.2. The van der Waals surface area contributed by atoms with Crippen LogP contribution in [0.25, 0.3) is 0 Å². The fourth-order valence-electron chi connectivity index (χ4n) is 3.18. The normalized spacial score (nSPS) is 11.4. The first-order valence-electron chi connectivity index (χ1n) is 10.3. The number of sulfonamides is 1. The first-order chi connectivity index (χ1) is 15.7. The average molecular weight is 469 g/mol. The smallest absolute Gasteiger partial charge is 0.338 e. The lowest BCUT2D eigenvalue weighted by atomic mass is 10.1. The number of esters is 1. The molecule has 0 bridgehead atoms. The van der Waals surface area contributed by atoms with E-state index in [0.29, 0.717) is 11.1 Å². The van der Waals surface area contributed by atoms with Crippen molar-refractivity contribution in [1.29, 1.82) is 0 Å². The van der Waals surface area contributed by atoms with Crippen LogP contribution in [0.1, 0.15) is 34.0 Å². The number of hydrogen-bond donors (Lipinski definition) is 0. The molecule has 33 heavy (non-hydrogen) atoms. The molecule has 0 aromatic heterocycles. The number of aryl methyl sites for hydroxylation is 1. The minimum atomic E-state index is -3.97. The van der Waals surface area contributed by atoms with Crippen LogP contribution in [0.3, 0.4) is 0 Å². The average Bonchev–Trinajstić information content (AvgIpc) is 2.80. The van der Waals surface area contributed by atoms with E-state index in [1.165, 1.54) is 28.6 Å². The molecule has 0 amide bonds. The zero-order valence-corrected chi connectivity index (χ0v) is 19.1. The van der Waals surface area contributed by atoms with Gasteiger partial charge in [-0.2, -0.15) is 4.31 Å². The summed E-state index contributed by atoms with van der Waals surface area (Å²) in [6.45, 7) is 4.09. The van der Waals surface area contributed by atoms with E-state index in [4.69, 9.17) is 4.74 Å². The van der Waals surface area contributed by atoms with Gasteiger partial charge in [-0.1, -0.05) is 42.0 Å². The molecule has 0 spiro atoms. The van der Waals surface area contributed by atoms with Crippen molar-refractivity contribution in [2.45, 2.75) is 31.8 Å². The molecule has 3 aromatic carbocycles. The topological polar surface area (TPSA) is 107 Å². The highest BCUT2D eigenvalue weighted by Gasteiger charge is 2.26. The summed E-state index contributed by atoms with van der Waals surface area (Å²) in [5, 5.41) is 10.9. The van der Waals surface area contributed by atoms with Gasteiger partial charge < -0.3 is 4.74 Å². The monoisotopic (exact) mass is 468 g/mol. The SMILES string of the molecule is CCOC(=O)c1ccc(CN(Cc2ccc(C)cc2)S(=O)(=O)c2ccc([N+](=O)[O-])cc2)cc1. The van der Waals surface area contributed by atoms with Gasteiger partial charge in [0.15, 0.2) is 0 Å². The number of hydrogen-bond acceptors (Lipinski definition) is 6. The molecule has 0 heterocycles. The highest BCUT2D eigenvalue weighted by Crippen LogP contribution is 2.24. The number of nitrogens with zero attached hydrogens (tertiary/aromatic N) is 2. The molecular weight excluding hydrogens is 444 g/mol. The third-order valence-corrected chi connectivity index (χ3v) is 6.79. The summed E-state index contributed by atoms with van der Waals surface area (Å²) in [7, 11) is -3.97. The van der Waals surface area contributed by atoms with Crippen molar-refractivity contribution in [2.24, 2.45) is 0 Å². The quantitative estimate of drug-likeness (QED) is 0.261. The minimum Gasteiger partial charge on any atom is -0.462 e. The fraction of sp³-hybridized carbons (Fsp3) is 0.208. The first kappa shape index (κ1) is 24.1. The summed E-state index contributed by atoms with van der Waals surface area (Å²) in [6, 6.07) is 18.9. The van der Waals surface area contributed by atoms with Crippen molar-refractivity contribution in [3.05, 3.63) is 105 Å². The summed E-state index contributed by atoms with van der Waals surface area (Å²) in [6.07, 6.45) is 0. The van der Waals surface area contributed by atoms with E-state index >= 15 is 0 Å². The molecule has 0 unspecified atom stereocenters. The molecular formula is C24H24N2O6S. The van der Waals surface area contributed by atoms with Gasteiger partial charge in [-0.15, -0.1) is 0 Å². The predicted octanol–water partition coefficient (Wildman–Crippen LogP) is 4.47. The minimum absolute atomic E-state index is 0.0386. The Bertz CT molecular complexity index is 1220. The standard InChI is InChI=1S/C24H24N2O6S/c1-3-32-24(27)21-10-8-20(9-11-21)17-25(16-19-6-4-18(2)5-7-19)33(30,31)23-14-12-22(13-15-23)26(28)29/h4-15H,3,16-17H2,1-2H3. The van der Waals surface area contributed by atoms with Crippen LogP contribution in [-0.4, -0.2) is 30.2 Å². The number of benzene rings is 3. The summed E-state index contributed by atoms with van der Waals surface area (Å²) in [5.41, 5.74) is 2.73. The number of carbonyl (C=O) groups is 1. The summed E-state index contributed by atoms with van der Waals surface area (Å²) >= 11 is 0. The number of nitro benzene ring substituents is 1. The zero-order chi connectivity index (χ0) is 24.0. The van der Waals surface area contributed by atoms with Crippen LogP contribution in [-0.2, 0) is 27.8 Å². The molecule has 0 atom stereocenters. The van der Waals surface area contributed by atoms with E-state index in [1.54, 1.807) is 31.2 Å². The maximum absolute atomic E-state index is 13.4. The van der Waals surface area contributed by atoms with Gasteiger partial charge in [-0.05, 0) is 49.2 Å². The van der Waals surface area contributed by atoms with E-state index < -0.39 is 20.9 Å². The zero-order valence-electron chi connectivity index (χ0n) is 18.3. The van der Waals surface area contributed by atoms with Gasteiger partial charge in [0.2, 0.25) is 10.0 Å². The lowest BCUT2D eigenvalue weighted by Crippen LogP contribution is -2.30. The number of rotatable bonds is 9. The molecule has 0 aliphatic rings. The molecule has 9 heteroatoms. The summed E-state index contributed by atoms with van der Waals surface area (Å²) < 4.78 is 33.1. The van der Waals surface area contributed by atoms with Crippen LogP contribution in [0.4, 0.5) is 5.69 Å². The molecule has 0 fully saturated rings. The molecule has 0 N–H and O–H groups in total. The molecule has 3 aromatic rings. The Balaban J connectivity index is 1.92. The van der Waals surface area contributed by atoms with Gasteiger partial charge in [0.1, 0.15) is 0 Å². The van der Waals surface area contributed by atoms with Crippen molar-refractivity contribution in [2.75, 3.05) is 6.61 Å². The molecule has 0 aliphatic carbocycles. The van der Waals surface area contributed by atoms with Crippen molar-refractivity contribution >= 4 is 21.7 Å². The lowest BCUT2D eigenvalue weighted by Gasteiger charge is -2.23. The number of nitro groups is 1. The second kappa shape index (κ2) is 10.4.